The van der Waals surface area contributed by atoms with Gasteiger partial charge < -0.3 is 9.15 Å². The minimum absolute atomic E-state index is 0.0398. The predicted octanol–water partition coefficient (Wildman–Crippen LogP) is 5.11. The maximum Gasteiger partial charge on any atom is 0.265 e. The summed E-state index contributed by atoms with van der Waals surface area (Å²) >= 11 is 0. The number of methoxy groups -OCH3 is 1. The van der Waals surface area contributed by atoms with Crippen LogP contribution in [-0.2, 0) is 0 Å². The lowest BCUT2D eigenvalue weighted by atomic mass is 10.0. The molecule has 166 valence electrons. The lowest BCUT2D eigenvalue weighted by Gasteiger charge is -2.15. The Morgan fingerprint density at radius 2 is 2.00 bits per heavy atom. The van der Waals surface area contributed by atoms with Gasteiger partial charge in [0.2, 0.25) is 0 Å². The van der Waals surface area contributed by atoms with Gasteiger partial charge in [-0.15, -0.1) is 0 Å². The van der Waals surface area contributed by atoms with Crippen LogP contribution in [0.5, 0.6) is 5.75 Å². The Morgan fingerprint density at radius 1 is 1.15 bits per heavy atom. The summed E-state index contributed by atoms with van der Waals surface area (Å²) in [7, 11) is 1.36. The highest BCUT2D eigenvalue weighted by Gasteiger charge is 2.20. The normalized spacial score (nSPS) is 10.9. The van der Waals surface area contributed by atoms with E-state index < -0.39 is 11.4 Å². The molecule has 0 amide bonds. The zero-order chi connectivity index (χ0) is 23.8. The van der Waals surface area contributed by atoms with Gasteiger partial charge in [0.15, 0.2) is 29.5 Å². The third-order valence-electron chi connectivity index (χ3n) is 5.36. The molecule has 0 unspecified atom stereocenters. The van der Waals surface area contributed by atoms with Crippen LogP contribution in [0.15, 0.2) is 70.5 Å². The third kappa shape index (κ3) is 3.47. The Balaban J connectivity index is 1.90. The van der Waals surface area contributed by atoms with E-state index in [-0.39, 0.29) is 34.0 Å². The van der Waals surface area contributed by atoms with Crippen molar-refractivity contribution >= 4 is 16.6 Å². The fraction of sp³-hybridized carbons (Fsp3) is 0.0800. The lowest BCUT2D eigenvalue weighted by molar-refractivity contribution is 0.386. The number of rotatable bonds is 4. The number of fused-ring (bicyclic) bond motifs is 1. The van der Waals surface area contributed by atoms with Gasteiger partial charge >= 0.3 is 0 Å². The Hall–Kier alpha value is -4.84. The van der Waals surface area contributed by atoms with Crippen LogP contribution in [0.25, 0.3) is 44.1 Å². The number of hydrogen-bond acceptors (Lipinski definition) is 6. The molecule has 0 atom stereocenters. The van der Waals surface area contributed by atoms with Crippen LogP contribution in [0.3, 0.4) is 0 Å². The fourth-order valence-corrected chi connectivity index (χ4v) is 3.72. The van der Waals surface area contributed by atoms with Gasteiger partial charge in [-0.2, -0.15) is 0 Å². The SMILES string of the molecule is [C-]#[N+]c1cc(-c2ccc(C)nc2)c2nc(-c3cocn3)n(-c3ccc(OC)c(F)c3)c(=O)c2c1. The van der Waals surface area contributed by atoms with E-state index in [1.807, 2.05) is 19.1 Å². The van der Waals surface area contributed by atoms with E-state index in [2.05, 4.69) is 14.8 Å². The summed E-state index contributed by atoms with van der Waals surface area (Å²) in [5, 5.41) is 0.201. The molecule has 0 N–H and O–H groups in total. The number of oxazole rings is 1. The van der Waals surface area contributed by atoms with Crippen molar-refractivity contribution in [3.05, 3.63) is 94.6 Å². The number of halogens is 1. The maximum atomic E-state index is 14.6. The predicted molar refractivity (Wildman–Crippen MR) is 124 cm³/mol. The van der Waals surface area contributed by atoms with Crippen molar-refractivity contribution in [2.24, 2.45) is 0 Å². The molecule has 5 rings (SSSR count). The van der Waals surface area contributed by atoms with Crippen molar-refractivity contribution in [1.29, 1.82) is 0 Å². The Labute approximate surface area is 192 Å². The molecule has 0 bridgehead atoms. The minimum Gasteiger partial charge on any atom is -0.494 e. The first kappa shape index (κ1) is 21.0. The molecule has 0 radical (unpaired) electrons. The smallest absolute Gasteiger partial charge is 0.265 e. The van der Waals surface area contributed by atoms with Crippen LogP contribution in [0, 0.1) is 19.3 Å². The van der Waals surface area contributed by atoms with Gasteiger partial charge in [-0.3, -0.25) is 14.3 Å². The molecule has 9 heteroatoms. The van der Waals surface area contributed by atoms with E-state index in [0.29, 0.717) is 16.6 Å². The monoisotopic (exact) mass is 453 g/mol. The van der Waals surface area contributed by atoms with Crippen molar-refractivity contribution in [1.82, 2.24) is 19.5 Å². The molecular weight excluding hydrogens is 437 g/mol. The van der Waals surface area contributed by atoms with Crippen molar-refractivity contribution < 1.29 is 13.5 Å². The minimum atomic E-state index is -0.639. The highest BCUT2D eigenvalue weighted by Crippen LogP contribution is 2.33. The summed E-state index contributed by atoms with van der Waals surface area (Å²) in [4.78, 5) is 30.6. The molecule has 0 aliphatic rings. The summed E-state index contributed by atoms with van der Waals surface area (Å²) in [5.41, 5.74) is 2.77. The van der Waals surface area contributed by atoms with E-state index >= 15 is 0 Å². The number of nitrogens with zero attached hydrogens (tertiary/aromatic N) is 5. The second kappa shape index (κ2) is 8.26. The molecule has 5 aromatic rings. The van der Waals surface area contributed by atoms with Gasteiger partial charge in [0.05, 0.1) is 30.3 Å². The summed E-state index contributed by atoms with van der Waals surface area (Å²) in [6.45, 7) is 9.39. The number of hydrogen-bond donors (Lipinski definition) is 0. The van der Waals surface area contributed by atoms with E-state index in [1.54, 1.807) is 18.3 Å². The highest BCUT2D eigenvalue weighted by atomic mass is 19.1. The average molecular weight is 453 g/mol. The first-order valence-electron chi connectivity index (χ1n) is 10.1. The quantitative estimate of drug-likeness (QED) is 0.352. The second-order valence-corrected chi connectivity index (χ2v) is 7.46. The molecule has 0 spiro atoms. The lowest BCUT2D eigenvalue weighted by Crippen LogP contribution is -2.22. The molecule has 3 aromatic heterocycles. The second-order valence-electron chi connectivity index (χ2n) is 7.46. The molecule has 0 fully saturated rings. The fourth-order valence-electron chi connectivity index (χ4n) is 3.72. The van der Waals surface area contributed by atoms with E-state index in [4.69, 9.17) is 20.7 Å². The zero-order valence-corrected chi connectivity index (χ0v) is 18.1. The van der Waals surface area contributed by atoms with Crippen LogP contribution in [-0.4, -0.2) is 26.6 Å². The molecule has 0 saturated carbocycles. The molecule has 2 aromatic carbocycles. The summed E-state index contributed by atoms with van der Waals surface area (Å²) in [5.74, 6) is -0.440. The van der Waals surface area contributed by atoms with Gasteiger partial charge in [-0.1, -0.05) is 6.07 Å². The highest BCUT2D eigenvalue weighted by molar-refractivity contribution is 5.97. The van der Waals surface area contributed by atoms with E-state index in [1.165, 1.54) is 42.5 Å². The summed E-state index contributed by atoms with van der Waals surface area (Å²) < 4.78 is 25.9. The standard InChI is InChI=1S/C25H16FN5O3/c1-14-4-5-15(11-28-14)18-8-16(27-2)9-19-23(18)30-24(21-12-34-13-29-21)31(25(19)32)17-6-7-22(33-3)20(26)10-17/h4-13H,1,3H3. The molecule has 0 saturated heterocycles. The maximum absolute atomic E-state index is 14.6. The number of aromatic nitrogens is 4. The van der Waals surface area contributed by atoms with Gasteiger partial charge in [-0.25, -0.2) is 19.2 Å². The van der Waals surface area contributed by atoms with Crippen molar-refractivity contribution in [3.8, 4) is 34.1 Å². The first-order chi connectivity index (χ1) is 16.5. The summed E-state index contributed by atoms with van der Waals surface area (Å²) in [6, 6.07) is 11.0. The third-order valence-corrected chi connectivity index (χ3v) is 5.36. The van der Waals surface area contributed by atoms with E-state index in [0.717, 1.165) is 5.69 Å². The zero-order valence-electron chi connectivity index (χ0n) is 18.1. The molecule has 34 heavy (non-hydrogen) atoms. The van der Waals surface area contributed by atoms with Crippen LogP contribution in [0.4, 0.5) is 10.1 Å². The number of benzene rings is 2. The van der Waals surface area contributed by atoms with Crippen molar-refractivity contribution in [3.63, 3.8) is 0 Å². The van der Waals surface area contributed by atoms with Crippen LogP contribution >= 0.6 is 0 Å². The van der Waals surface area contributed by atoms with Crippen LogP contribution in [0.2, 0.25) is 0 Å². The Kier molecular flexibility index (Phi) is 5.11. The van der Waals surface area contributed by atoms with Gasteiger partial charge in [-0.05, 0) is 42.8 Å². The van der Waals surface area contributed by atoms with Crippen LogP contribution < -0.4 is 10.3 Å². The Morgan fingerprint density at radius 3 is 2.65 bits per heavy atom. The van der Waals surface area contributed by atoms with Crippen LogP contribution in [0.1, 0.15) is 5.69 Å². The Bertz CT molecular complexity index is 1640. The molecule has 8 nitrogen and oxygen atoms in total. The molecule has 0 aliphatic carbocycles. The van der Waals surface area contributed by atoms with E-state index in [9.17, 15) is 9.18 Å². The first-order valence-corrected chi connectivity index (χ1v) is 10.1. The van der Waals surface area contributed by atoms with Crippen molar-refractivity contribution in [2.45, 2.75) is 6.92 Å². The van der Waals surface area contributed by atoms with Gasteiger partial charge in [0.1, 0.15) is 12.0 Å². The molecule has 3 heterocycles. The topological polar surface area (TPSA) is 87.4 Å². The van der Waals surface area contributed by atoms with Gasteiger partial charge in [0.25, 0.3) is 5.56 Å². The molecular formula is C25H16FN5O3. The number of aryl methyl sites for hydroxylation is 1. The summed E-state index contributed by atoms with van der Waals surface area (Å²) in [6.07, 6.45) is 4.24. The largest absolute Gasteiger partial charge is 0.494 e. The van der Waals surface area contributed by atoms with Crippen molar-refractivity contribution in [2.75, 3.05) is 7.11 Å². The van der Waals surface area contributed by atoms with Gasteiger partial charge in [0, 0.05) is 23.5 Å². The number of ether oxygens (including phenoxy) is 1. The number of pyridine rings is 1. The average Bonchev–Trinajstić information content (AvgIpc) is 3.39. The molecule has 0 aliphatic heterocycles.